The standard InChI is InChI=1S/C14H26O/c1-5-6-9-15-14-10-13(11(2)3)8-7-12(14)4/h6,9,11-14H,5,7-8,10H2,1-4H3/b9-6-/t12-,13-,14+/m1/s1. The molecule has 3 atom stereocenters. The van der Waals surface area contributed by atoms with Gasteiger partial charge in [-0.05, 0) is 43.4 Å². The van der Waals surface area contributed by atoms with Gasteiger partial charge < -0.3 is 4.74 Å². The third kappa shape index (κ3) is 3.89. The van der Waals surface area contributed by atoms with Crippen LogP contribution in [0.3, 0.4) is 0 Å². The summed E-state index contributed by atoms with van der Waals surface area (Å²) >= 11 is 0. The van der Waals surface area contributed by atoms with Crippen LogP contribution in [0.1, 0.15) is 53.4 Å². The van der Waals surface area contributed by atoms with Crippen molar-refractivity contribution in [2.24, 2.45) is 17.8 Å². The van der Waals surface area contributed by atoms with Gasteiger partial charge in [-0.1, -0.05) is 33.8 Å². The maximum absolute atomic E-state index is 5.84. The summed E-state index contributed by atoms with van der Waals surface area (Å²) < 4.78 is 5.84. The topological polar surface area (TPSA) is 9.23 Å². The molecule has 88 valence electrons. The molecule has 0 N–H and O–H groups in total. The monoisotopic (exact) mass is 210 g/mol. The van der Waals surface area contributed by atoms with Gasteiger partial charge in [-0.25, -0.2) is 0 Å². The van der Waals surface area contributed by atoms with Crippen molar-refractivity contribution < 1.29 is 4.74 Å². The van der Waals surface area contributed by atoms with Gasteiger partial charge in [0.05, 0.1) is 6.26 Å². The maximum Gasteiger partial charge on any atom is 0.101 e. The second kappa shape index (κ2) is 6.19. The predicted octanol–water partition coefficient (Wildman–Crippen LogP) is 4.39. The highest BCUT2D eigenvalue weighted by Gasteiger charge is 2.29. The van der Waals surface area contributed by atoms with Crippen molar-refractivity contribution in [2.75, 3.05) is 0 Å². The first-order valence-electron chi connectivity index (χ1n) is 6.45. The lowest BCUT2D eigenvalue weighted by Gasteiger charge is -2.35. The summed E-state index contributed by atoms with van der Waals surface area (Å²) in [5, 5.41) is 0. The zero-order valence-corrected chi connectivity index (χ0v) is 10.7. The largest absolute Gasteiger partial charge is 0.498 e. The molecule has 0 aliphatic heterocycles. The fraction of sp³-hybridized carbons (Fsp3) is 0.857. The average molecular weight is 210 g/mol. The lowest BCUT2D eigenvalue weighted by Crippen LogP contribution is -2.31. The maximum atomic E-state index is 5.84. The first-order chi connectivity index (χ1) is 7.15. The van der Waals surface area contributed by atoms with Crippen LogP contribution in [-0.4, -0.2) is 6.10 Å². The summed E-state index contributed by atoms with van der Waals surface area (Å²) in [6.45, 7) is 9.13. The molecule has 0 amide bonds. The molecule has 0 aromatic rings. The van der Waals surface area contributed by atoms with Crippen LogP contribution in [0.4, 0.5) is 0 Å². The van der Waals surface area contributed by atoms with Gasteiger partial charge in [0.2, 0.25) is 0 Å². The van der Waals surface area contributed by atoms with Crippen LogP contribution in [0.25, 0.3) is 0 Å². The Morgan fingerprint density at radius 3 is 2.67 bits per heavy atom. The summed E-state index contributed by atoms with van der Waals surface area (Å²) in [5.74, 6) is 2.39. The number of allylic oxidation sites excluding steroid dienone is 1. The van der Waals surface area contributed by atoms with E-state index in [-0.39, 0.29) is 0 Å². The molecule has 0 aromatic carbocycles. The molecule has 1 aliphatic carbocycles. The van der Waals surface area contributed by atoms with E-state index >= 15 is 0 Å². The molecule has 1 heteroatoms. The lowest BCUT2D eigenvalue weighted by molar-refractivity contribution is 0.0270. The molecule has 15 heavy (non-hydrogen) atoms. The third-order valence-corrected chi connectivity index (χ3v) is 3.69. The van der Waals surface area contributed by atoms with Crippen LogP contribution in [0.2, 0.25) is 0 Å². The van der Waals surface area contributed by atoms with Crippen LogP contribution < -0.4 is 0 Å². The number of rotatable bonds is 4. The van der Waals surface area contributed by atoms with Gasteiger partial charge in [-0.2, -0.15) is 0 Å². The van der Waals surface area contributed by atoms with Crippen LogP contribution in [-0.2, 0) is 4.74 Å². The van der Waals surface area contributed by atoms with Crippen molar-refractivity contribution in [1.82, 2.24) is 0 Å². The number of ether oxygens (including phenoxy) is 1. The van der Waals surface area contributed by atoms with E-state index in [1.807, 2.05) is 6.26 Å². The molecule has 1 aliphatic rings. The Balaban J connectivity index is 2.42. The highest BCUT2D eigenvalue weighted by atomic mass is 16.5. The van der Waals surface area contributed by atoms with Gasteiger partial charge in [0.1, 0.15) is 6.10 Å². The minimum absolute atomic E-state index is 0.453. The molecule has 1 nitrogen and oxygen atoms in total. The van der Waals surface area contributed by atoms with E-state index in [1.165, 1.54) is 19.3 Å². The molecule has 1 rings (SSSR count). The third-order valence-electron chi connectivity index (χ3n) is 3.69. The molecule has 0 unspecified atom stereocenters. The molecule has 1 fully saturated rings. The smallest absolute Gasteiger partial charge is 0.101 e. The van der Waals surface area contributed by atoms with E-state index < -0.39 is 0 Å². The van der Waals surface area contributed by atoms with E-state index in [0.29, 0.717) is 6.10 Å². The van der Waals surface area contributed by atoms with Gasteiger partial charge in [-0.15, -0.1) is 0 Å². The predicted molar refractivity (Wildman–Crippen MR) is 65.6 cm³/mol. The Labute approximate surface area is 94.9 Å². The van der Waals surface area contributed by atoms with Crippen molar-refractivity contribution in [3.63, 3.8) is 0 Å². The average Bonchev–Trinajstić information content (AvgIpc) is 2.20. The van der Waals surface area contributed by atoms with Crippen LogP contribution in [0.5, 0.6) is 0 Å². The second-order valence-electron chi connectivity index (χ2n) is 5.25. The second-order valence-corrected chi connectivity index (χ2v) is 5.25. The Bertz CT molecular complexity index is 196. The fourth-order valence-electron chi connectivity index (χ4n) is 2.36. The first kappa shape index (κ1) is 12.6. The Morgan fingerprint density at radius 1 is 1.33 bits per heavy atom. The Morgan fingerprint density at radius 2 is 2.07 bits per heavy atom. The lowest BCUT2D eigenvalue weighted by atomic mass is 9.76. The zero-order chi connectivity index (χ0) is 11.3. The van der Waals surface area contributed by atoms with Gasteiger partial charge in [0.25, 0.3) is 0 Å². The minimum atomic E-state index is 0.453. The highest BCUT2D eigenvalue weighted by molar-refractivity contribution is 4.82. The Hall–Kier alpha value is -0.460. The quantitative estimate of drug-likeness (QED) is 0.625. The molecule has 0 bridgehead atoms. The summed E-state index contributed by atoms with van der Waals surface area (Å²) in [6.07, 6.45) is 9.48. The zero-order valence-electron chi connectivity index (χ0n) is 10.7. The summed E-state index contributed by atoms with van der Waals surface area (Å²) in [7, 11) is 0. The Kier molecular flexibility index (Phi) is 5.21. The molecule has 1 saturated carbocycles. The fourth-order valence-corrected chi connectivity index (χ4v) is 2.36. The SMILES string of the molecule is CC/C=C\O[C@H]1C[C@H](C(C)C)CC[C@H]1C. The van der Waals surface area contributed by atoms with Gasteiger partial charge in [0.15, 0.2) is 0 Å². The molecular formula is C14H26O. The van der Waals surface area contributed by atoms with Crippen LogP contribution in [0.15, 0.2) is 12.3 Å². The minimum Gasteiger partial charge on any atom is -0.498 e. The van der Waals surface area contributed by atoms with Crippen molar-refractivity contribution in [1.29, 1.82) is 0 Å². The summed E-state index contributed by atoms with van der Waals surface area (Å²) in [4.78, 5) is 0. The van der Waals surface area contributed by atoms with Crippen LogP contribution >= 0.6 is 0 Å². The van der Waals surface area contributed by atoms with E-state index in [2.05, 4.69) is 33.8 Å². The van der Waals surface area contributed by atoms with Crippen molar-refractivity contribution in [2.45, 2.75) is 59.5 Å². The van der Waals surface area contributed by atoms with E-state index in [1.54, 1.807) is 0 Å². The van der Waals surface area contributed by atoms with Crippen molar-refractivity contribution >= 4 is 0 Å². The van der Waals surface area contributed by atoms with Gasteiger partial charge in [-0.3, -0.25) is 0 Å². The summed E-state index contributed by atoms with van der Waals surface area (Å²) in [6, 6.07) is 0. The van der Waals surface area contributed by atoms with Crippen molar-refractivity contribution in [3.8, 4) is 0 Å². The molecule has 0 spiro atoms. The summed E-state index contributed by atoms with van der Waals surface area (Å²) in [5.41, 5.74) is 0. The molecule has 0 saturated heterocycles. The highest BCUT2D eigenvalue weighted by Crippen LogP contribution is 2.34. The van der Waals surface area contributed by atoms with E-state index in [9.17, 15) is 0 Å². The normalized spacial score (nSPS) is 32.5. The number of hydrogen-bond donors (Lipinski definition) is 0. The van der Waals surface area contributed by atoms with E-state index in [4.69, 9.17) is 4.74 Å². The van der Waals surface area contributed by atoms with Gasteiger partial charge in [0, 0.05) is 0 Å². The van der Waals surface area contributed by atoms with Crippen LogP contribution in [0, 0.1) is 17.8 Å². The first-order valence-corrected chi connectivity index (χ1v) is 6.45. The van der Waals surface area contributed by atoms with Gasteiger partial charge >= 0.3 is 0 Å². The molecular weight excluding hydrogens is 184 g/mol. The number of hydrogen-bond acceptors (Lipinski definition) is 1. The molecule has 0 radical (unpaired) electrons. The molecule has 0 aromatic heterocycles. The van der Waals surface area contributed by atoms with E-state index in [0.717, 1.165) is 24.2 Å². The molecule has 0 heterocycles. The van der Waals surface area contributed by atoms with Crippen molar-refractivity contribution in [3.05, 3.63) is 12.3 Å².